The van der Waals surface area contributed by atoms with Gasteiger partial charge >= 0.3 is 0 Å². The van der Waals surface area contributed by atoms with E-state index in [0.29, 0.717) is 0 Å². The second-order valence-electron chi connectivity index (χ2n) is 4.20. The quantitative estimate of drug-likeness (QED) is 0.692. The minimum absolute atomic E-state index is 0.862. The largest absolute Gasteiger partial charge is 0.319 e. The molecule has 0 spiro atoms. The molecule has 1 aromatic heterocycles. The Morgan fingerprint density at radius 2 is 1.88 bits per heavy atom. The maximum atomic E-state index is 4.05. The van der Waals surface area contributed by atoms with Crippen LogP contribution in [-0.2, 0) is 0 Å². The predicted octanol–water partition coefficient (Wildman–Crippen LogP) is 2.25. The highest BCUT2D eigenvalue weighted by molar-refractivity contribution is 5.86. The number of pyridine rings is 1. The topological polar surface area (TPSA) is 19.1 Å². The molecule has 0 fully saturated rings. The summed E-state index contributed by atoms with van der Waals surface area (Å²) in [5.41, 5.74) is 3.69. The van der Waals surface area contributed by atoms with E-state index in [1.54, 1.807) is 0 Å². The molecule has 2 aromatic rings. The van der Waals surface area contributed by atoms with Gasteiger partial charge in [0.2, 0.25) is 12.4 Å². The maximum Gasteiger partial charge on any atom is 0.224 e. The second-order valence-corrected chi connectivity index (χ2v) is 4.20. The molecule has 0 saturated carbocycles. The molecule has 0 aliphatic carbocycles. The number of aromatic nitrogens is 1. The summed E-state index contributed by atoms with van der Waals surface area (Å²) in [6.45, 7) is 0.862. The molecule has 0 unspecified atom stereocenters. The van der Waals surface area contributed by atoms with Gasteiger partial charge in [0.1, 0.15) is 0 Å². The number of hydrogen-bond donors (Lipinski definition) is 0. The minimum atomic E-state index is 0.862. The first-order valence-electron chi connectivity index (χ1n) is 5.66. The molecule has 3 nitrogen and oxygen atoms in total. The summed E-state index contributed by atoms with van der Waals surface area (Å²) in [6, 6.07) is 12.5. The molecule has 3 heteroatoms. The third kappa shape index (κ3) is 1.80. The predicted molar refractivity (Wildman–Crippen MR) is 69.0 cm³/mol. The van der Waals surface area contributed by atoms with E-state index in [0.717, 1.165) is 6.67 Å². The van der Waals surface area contributed by atoms with Crippen molar-refractivity contribution in [1.82, 2.24) is 4.98 Å². The van der Waals surface area contributed by atoms with Crippen molar-refractivity contribution in [3.8, 4) is 0 Å². The summed E-state index contributed by atoms with van der Waals surface area (Å²) in [5, 5.41) is 0. The zero-order valence-corrected chi connectivity index (χ0v) is 9.74. The van der Waals surface area contributed by atoms with Gasteiger partial charge in [0.15, 0.2) is 6.21 Å². The third-order valence-corrected chi connectivity index (χ3v) is 3.00. The van der Waals surface area contributed by atoms with Crippen LogP contribution in [0.25, 0.3) is 0 Å². The monoisotopic (exact) mass is 224 g/mol. The fraction of sp³-hybridized carbons (Fsp3) is 0.143. The molecule has 1 aromatic carbocycles. The van der Waals surface area contributed by atoms with Gasteiger partial charge in [0.05, 0.1) is 11.3 Å². The lowest BCUT2D eigenvalue weighted by Crippen LogP contribution is -2.32. The summed E-state index contributed by atoms with van der Waals surface area (Å²) in [5.74, 6) is 0. The van der Waals surface area contributed by atoms with Gasteiger partial charge in [-0.2, -0.15) is 4.58 Å². The van der Waals surface area contributed by atoms with Crippen LogP contribution in [0.2, 0.25) is 0 Å². The van der Waals surface area contributed by atoms with Gasteiger partial charge in [-0.05, 0) is 12.1 Å². The van der Waals surface area contributed by atoms with Crippen LogP contribution in [0.4, 0.5) is 11.4 Å². The molecule has 2 heterocycles. The van der Waals surface area contributed by atoms with E-state index < -0.39 is 0 Å². The fourth-order valence-electron chi connectivity index (χ4n) is 2.15. The van der Waals surface area contributed by atoms with Gasteiger partial charge in [0.25, 0.3) is 0 Å². The lowest BCUT2D eigenvalue weighted by molar-refractivity contribution is -0.435. The number of hydrogen-bond acceptors (Lipinski definition) is 2. The van der Waals surface area contributed by atoms with E-state index in [-0.39, 0.29) is 0 Å². The summed E-state index contributed by atoms with van der Waals surface area (Å²) >= 11 is 0. The molecule has 1 aliphatic heterocycles. The molecule has 0 atom stereocenters. The van der Waals surface area contributed by atoms with Crippen LogP contribution in [0.15, 0.2) is 48.8 Å². The highest BCUT2D eigenvalue weighted by atomic mass is 15.3. The Hall–Kier alpha value is -2.16. The SMILES string of the molecule is CN1C[N+](c2ccncc2)=Cc2ccccc21. The molecular formula is C14H14N3+. The van der Waals surface area contributed by atoms with Crippen molar-refractivity contribution >= 4 is 17.6 Å². The Morgan fingerprint density at radius 3 is 2.71 bits per heavy atom. The fourth-order valence-corrected chi connectivity index (χ4v) is 2.15. The van der Waals surface area contributed by atoms with Crippen molar-refractivity contribution in [2.24, 2.45) is 0 Å². The first-order chi connectivity index (χ1) is 8.34. The summed E-state index contributed by atoms with van der Waals surface area (Å²) in [7, 11) is 2.11. The Bertz CT molecular complexity index is 561. The van der Waals surface area contributed by atoms with Crippen LogP contribution in [0.1, 0.15) is 5.56 Å². The molecule has 17 heavy (non-hydrogen) atoms. The lowest BCUT2D eigenvalue weighted by Gasteiger charge is -2.22. The number of anilines is 1. The third-order valence-electron chi connectivity index (χ3n) is 3.00. The minimum Gasteiger partial charge on any atom is -0.319 e. The van der Waals surface area contributed by atoms with Crippen LogP contribution in [-0.4, -0.2) is 29.5 Å². The zero-order chi connectivity index (χ0) is 11.7. The van der Waals surface area contributed by atoms with Gasteiger partial charge in [-0.15, -0.1) is 0 Å². The highest BCUT2D eigenvalue weighted by Crippen LogP contribution is 2.23. The van der Waals surface area contributed by atoms with Crippen molar-refractivity contribution in [3.63, 3.8) is 0 Å². The first-order valence-corrected chi connectivity index (χ1v) is 5.66. The van der Waals surface area contributed by atoms with Gasteiger partial charge in [-0.1, -0.05) is 12.1 Å². The molecule has 0 bridgehead atoms. The normalized spacial score (nSPS) is 14.2. The number of benzene rings is 1. The zero-order valence-electron chi connectivity index (χ0n) is 9.74. The van der Waals surface area contributed by atoms with Crippen molar-refractivity contribution in [2.75, 3.05) is 18.6 Å². The average Bonchev–Trinajstić information content (AvgIpc) is 2.40. The Morgan fingerprint density at radius 1 is 1.12 bits per heavy atom. The molecule has 3 rings (SSSR count). The molecule has 0 radical (unpaired) electrons. The summed E-state index contributed by atoms with van der Waals surface area (Å²) < 4.78 is 2.23. The maximum absolute atomic E-state index is 4.05. The van der Waals surface area contributed by atoms with Crippen LogP contribution >= 0.6 is 0 Å². The van der Waals surface area contributed by atoms with E-state index in [2.05, 4.69) is 52.0 Å². The van der Waals surface area contributed by atoms with E-state index in [9.17, 15) is 0 Å². The van der Waals surface area contributed by atoms with Crippen molar-refractivity contribution in [3.05, 3.63) is 54.4 Å². The van der Waals surface area contributed by atoms with E-state index >= 15 is 0 Å². The first kappa shape index (κ1) is 10.0. The lowest BCUT2D eigenvalue weighted by atomic mass is 10.1. The summed E-state index contributed by atoms with van der Waals surface area (Å²) in [4.78, 5) is 6.30. The standard InChI is InChI=1S/C14H14N3/c1-16-11-17(13-6-8-15-9-7-13)10-12-4-2-3-5-14(12)16/h2-10H,11H2,1H3/q+1. The second kappa shape index (κ2) is 4.01. The molecule has 0 N–H and O–H groups in total. The van der Waals surface area contributed by atoms with Crippen molar-refractivity contribution in [1.29, 1.82) is 0 Å². The van der Waals surface area contributed by atoms with E-state index in [1.165, 1.54) is 16.9 Å². The number of fused-ring (bicyclic) bond motifs is 1. The molecule has 0 saturated heterocycles. The van der Waals surface area contributed by atoms with Crippen molar-refractivity contribution < 1.29 is 4.58 Å². The number of rotatable bonds is 1. The number of para-hydroxylation sites is 1. The molecule has 84 valence electrons. The van der Waals surface area contributed by atoms with Gasteiger partial charge < -0.3 is 4.90 Å². The van der Waals surface area contributed by atoms with Crippen LogP contribution in [0.3, 0.4) is 0 Å². The van der Waals surface area contributed by atoms with Crippen LogP contribution < -0.4 is 4.90 Å². The van der Waals surface area contributed by atoms with E-state index in [4.69, 9.17) is 0 Å². The Balaban J connectivity index is 2.08. The summed E-state index contributed by atoms with van der Waals surface area (Å²) in [6.07, 6.45) is 5.83. The van der Waals surface area contributed by atoms with Gasteiger partial charge in [0, 0.05) is 31.6 Å². The van der Waals surface area contributed by atoms with Gasteiger partial charge in [-0.25, -0.2) is 0 Å². The van der Waals surface area contributed by atoms with Crippen molar-refractivity contribution in [2.45, 2.75) is 0 Å². The Labute approximate surface area is 101 Å². The molecule has 0 amide bonds. The van der Waals surface area contributed by atoms with E-state index in [1.807, 2.05) is 24.5 Å². The average molecular weight is 224 g/mol. The van der Waals surface area contributed by atoms with Crippen LogP contribution in [0, 0.1) is 0 Å². The van der Waals surface area contributed by atoms with Crippen LogP contribution in [0.5, 0.6) is 0 Å². The smallest absolute Gasteiger partial charge is 0.224 e. The Kier molecular flexibility index (Phi) is 2.37. The highest BCUT2D eigenvalue weighted by Gasteiger charge is 2.20. The molecular weight excluding hydrogens is 210 g/mol. The number of nitrogens with zero attached hydrogens (tertiary/aromatic N) is 3. The van der Waals surface area contributed by atoms with Gasteiger partial charge in [-0.3, -0.25) is 4.98 Å². The molecule has 1 aliphatic rings.